The van der Waals surface area contributed by atoms with Gasteiger partial charge in [-0.05, 0) is 11.1 Å². The summed E-state index contributed by atoms with van der Waals surface area (Å²) in [7, 11) is 0. The zero-order valence-corrected chi connectivity index (χ0v) is 11.5. The number of rotatable bonds is 3. The zero-order chi connectivity index (χ0) is 14.7. The van der Waals surface area contributed by atoms with E-state index < -0.39 is 0 Å². The first-order valence-corrected chi connectivity index (χ1v) is 6.73. The summed E-state index contributed by atoms with van der Waals surface area (Å²) >= 11 is 0. The quantitative estimate of drug-likeness (QED) is 0.771. The van der Waals surface area contributed by atoms with Gasteiger partial charge in [-0.2, -0.15) is 4.98 Å². The average molecular weight is 276 g/mol. The molecule has 1 aromatic heterocycles. The number of nitrogen functional groups attached to an aromatic ring is 2. The molecule has 3 aromatic rings. The van der Waals surface area contributed by atoms with Gasteiger partial charge in [0.25, 0.3) is 0 Å². The summed E-state index contributed by atoms with van der Waals surface area (Å²) in [6, 6.07) is 20.4. The molecular formula is C17H16N4. The maximum atomic E-state index is 6.07. The zero-order valence-electron chi connectivity index (χ0n) is 11.5. The number of aromatic nitrogens is 2. The molecule has 0 aliphatic heterocycles. The van der Waals surface area contributed by atoms with Crippen LogP contribution in [0.3, 0.4) is 0 Å². The van der Waals surface area contributed by atoms with Crippen LogP contribution >= 0.6 is 0 Å². The Hall–Kier alpha value is -2.88. The Morgan fingerprint density at radius 1 is 0.762 bits per heavy atom. The normalized spacial score (nSPS) is 10.7. The first-order valence-electron chi connectivity index (χ1n) is 6.73. The van der Waals surface area contributed by atoms with Gasteiger partial charge in [-0.3, -0.25) is 0 Å². The van der Waals surface area contributed by atoms with Crippen molar-refractivity contribution in [3.05, 3.63) is 83.6 Å². The SMILES string of the molecule is Nc1ncc(C(c2ccccc2)c2ccccc2)c(N)n1. The van der Waals surface area contributed by atoms with Crippen LogP contribution in [0.4, 0.5) is 11.8 Å². The molecule has 3 rings (SSSR count). The first kappa shape index (κ1) is 13.1. The number of hydrogen-bond donors (Lipinski definition) is 2. The van der Waals surface area contributed by atoms with Gasteiger partial charge in [0.15, 0.2) is 0 Å². The Bertz CT molecular complexity index is 687. The predicted molar refractivity (Wildman–Crippen MR) is 84.7 cm³/mol. The minimum absolute atomic E-state index is 0.00648. The molecule has 0 bridgehead atoms. The van der Waals surface area contributed by atoms with E-state index in [9.17, 15) is 0 Å². The fourth-order valence-corrected chi connectivity index (χ4v) is 2.48. The van der Waals surface area contributed by atoms with E-state index in [1.54, 1.807) is 6.20 Å². The highest BCUT2D eigenvalue weighted by Crippen LogP contribution is 2.33. The van der Waals surface area contributed by atoms with Crippen LogP contribution < -0.4 is 11.5 Å². The van der Waals surface area contributed by atoms with E-state index in [0.717, 1.165) is 16.7 Å². The third-order valence-electron chi connectivity index (χ3n) is 3.44. The van der Waals surface area contributed by atoms with Crippen LogP contribution in [-0.4, -0.2) is 9.97 Å². The maximum absolute atomic E-state index is 6.07. The maximum Gasteiger partial charge on any atom is 0.221 e. The van der Waals surface area contributed by atoms with Gasteiger partial charge in [0, 0.05) is 17.7 Å². The van der Waals surface area contributed by atoms with Gasteiger partial charge in [0.1, 0.15) is 5.82 Å². The van der Waals surface area contributed by atoms with Gasteiger partial charge in [0.05, 0.1) is 0 Å². The highest BCUT2D eigenvalue weighted by Gasteiger charge is 2.20. The Morgan fingerprint density at radius 3 is 1.76 bits per heavy atom. The van der Waals surface area contributed by atoms with E-state index in [4.69, 9.17) is 11.5 Å². The number of hydrogen-bond acceptors (Lipinski definition) is 4. The Morgan fingerprint density at radius 2 is 1.29 bits per heavy atom. The molecule has 0 spiro atoms. The van der Waals surface area contributed by atoms with Crippen molar-refractivity contribution in [2.75, 3.05) is 11.5 Å². The lowest BCUT2D eigenvalue weighted by molar-refractivity contribution is 0.951. The van der Waals surface area contributed by atoms with Crippen molar-refractivity contribution in [2.24, 2.45) is 0 Å². The fourth-order valence-electron chi connectivity index (χ4n) is 2.48. The van der Waals surface area contributed by atoms with Crippen molar-refractivity contribution >= 4 is 11.8 Å². The molecule has 104 valence electrons. The van der Waals surface area contributed by atoms with E-state index in [-0.39, 0.29) is 11.9 Å². The van der Waals surface area contributed by atoms with Crippen LogP contribution in [0.2, 0.25) is 0 Å². The van der Waals surface area contributed by atoms with Crippen LogP contribution in [0.5, 0.6) is 0 Å². The molecule has 4 nitrogen and oxygen atoms in total. The van der Waals surface area contributed by atoms with Crippen molar-refractivity contribution in [1.29, 1.82) is 0 Å². The Kier molecular flexibility index (Phi) is 3.51. The Labute approximate surface area is 123 Å². The first-order chi connectivity index (χ1) is 10.3. The van der Waals surface area contributed by atoms with Crippen molar-refractivity contribution in [1.82, 2.24) is 9.97 Å². The fraction of sp³-hybridized carbons (Fsp3) is 0.0588. The topological polar surface area (TPSA) is 77.8 Å². The van der Waals surface area contributed by atoms with Gasteiger partial charge in [0.2, 0.25) is 5.95 Å². The summed E-state index contributed by atoms with van der Waals surface area (Å²) < 4.78 is 0. The molecule has 1 heterocycles. The molecule has 0 saturated heterocycles. The second-order valence-electron chi connectivity index (χ2n) is 4.82. The van der Waals surface area contributed by atoms with Gasteiger partial charge >= 0.3 is 0 Å². The molecule has 0 amide bonds. The van der Waals surface area contributed by atoms with E-state index in [2.05, 4.69) is 34.2 Å². The van der Waals surface area contributed by atoms with Crippen LogP contribution in [0.25, 0.3) is 0 Å². The molecule has 0 radical (unpaired) electrons. The van der Waals surface area contributed by atoms with Crippen molar-refractivity contribution < 1.29 is 0 Å². The Balaban J connectivity index is 2.17. The minimum Gasteiger partial charge on any atom is -0.383 e. The van der Waals surface area contributed by atoms with Gasteiger partial charge in [-0.1, -0.05) is 60.7 Å². The number of anilines is 2. The van der Waals surface area contributed by atoms with E-state index in [1.165, 1.54) is 0 Å². The number of benzene rings is 2. The largest absolute Gasteiger partial charge is 0.383 e. The van der Waals surface area contributed by atoms with Crippen LogP contribution in [0.15, 0.2) is 66.9 Å². The molecule has 0 fully saturated rings. The second-order valence-corrected chi connectivity index (χ2v) is 4.82. The lowest BCUT2D eigenvalue weighted by Gasteiger charge is -2.19. The molecule has 0 atom stereocenters. The highest BCUT2D eigenvalue weighted by molar-refractivity contribution is 5.52. The number of nitrogens with two attached hydrogens (primary N) is 2. The lowest BCUT2D eigenvalue weighted by atomic mass is 9.86. The summed E-state index contributed by atoms with van der Waals surface area (Å²) in [6.07, 6.45) is 1.71. The van der Waals surface area contributed by atoms with Crippen LogP contribution in [0, 0.1) is 0 Å². The third-order valence-corrected chi connectivity index (χ3v) is 3.44. The molecule has 0 unspecified atom stereocenters. The second kappa shape index (κ2) is 5.63. The van der Waals surface area contributed by atoms with Crippen LogP contribution in [0.1, 0.15) is 22.6 Å². The molecular weight excluding hydrogens is 260 g/mol. The van der Waals surface area contributed by atoms with Crippen LogP contribution in [-0.2, 0) is 0 Å². The monoisotopic (exact) mass is 276 g/mol. The minimum atomic E-state index is -0.00648. The lowest BCUT2D eigenvalue weighted by Crippen LogP contribution is -2.10. The molecule has 0 aliphatic carbocycles. The standard InChI is InChI=1S/C17H16N4/c18-16-14(11-20-17(19)21-16)15(12-7-3-1-4-8-12)13-9-5-2-6-10-13/h1-11,15H,(H4,18,19,20,21). The summed E-state index contributed by atoms with van der Waals surface area (Å²) in [5.41, 5.74) is 14.8. The molecule has 4 N–H and O–H groups in total. The summed E-state index contributed by atoms with van der Waals surface area (Å²) in [6.45, 7) is 0. The van der Waals surface area contributed by atoms with Crippen molar-refractivity contribution in [2.45, 2.75) is 5.92 Å². The smallest absolute Gasteiger partial charge is 0.221 e. The van der Waals surface area contributed by atoms with E-state index in [0.29, 0.717) is 5.82 Å². The molecule has 2 aromatic carbocycles. The predicted octanol–water partition coefficient (Wildman–Crippen LogP) is 2.82. The summed E-state index contributed by atoms with van der Waals surface area (Å²) in [5, 5.41) is 0. The summed E-state index contributed by atoms with van der Waals surface area (Å²) in [4.78, 5) is 8.19. The number of nitrogens with zero attached hydrogens (tertiary/aromatic N) is 2. The van der Waals surface area contributed by atoms with Gasteiger partial charge in [-0.25, -0.2) is 4.98 Å². The van der Waals surface area contributed by atoms with Gasteiger partial charge in [-0.15, -0.1) is 0 Å². The van der Waals surface area contributed by atoms with Crippen molar-refractivity contribution in [3.63, 3.8) is 0 Å². The summed E-state index contributed by atoms with van der Waals surface area (Å²) in [5.74, 6) is 0.601. The van der Waals surface area contributed by atoms with Gasteiger partial charge < -0.3 is 11.5 Å². The third kappa shape index (κ3) is 2.69. The average Bonchev–Trinajstić information content (AvgIpc) is 2.52. The van der Waals surface area contributed by atoms with Crippen molar-refractivity contribution in [3.8, 4) is 0 Å². The molecule has 0 saturated carbocycles. The van der Waals surface area contributed by atoms with E-state index >= 15 is 0 Å². The van der Waals surface area contributed by atoms with E-state index in [1.807, 2.05) is 36.4 Å². The molecule has 21 heavy (non-hydrogen) atoms. The molecule has 4 heteroatoms. The molecule has 0 aliphatic rings. The highest BCUT2D eigenvalue weighted by atomic mass is 15.0.